The van der Waals surface area contributed by atoms with Crippen LogP contribution in [-0.2, 0) is 13.0 Å². The molecule has 0 saturated heterocycles. The highest BCUT2D eigenvalue weighted by atomic mass is 15.3. The van der Waals surface area contributed by atoms with Crippen LogP contribution in [0.2, 0.25) is 0 Å². The highest BCUT2D eigenvalue weighted by Gasteiger charge is 2.34. The maximum absolute atomic E-state index is 4.21. The van der Waals surface area contributed by atoms with Crippen LogP contribution in [0, 0.1) is 0 Å². The van der Waals surface area contributed by atoms with Gasteiger partial charge in [0, 0.05) is 12.3 Å². The average molecular weight is 165 g/mol. The molecule has 2 heterocycles. The highest BCUT2D eigenvalue weighted by molar-refractivity contribution is 5.09. The molecule has 2 rings (SSSR count). The van der Waals surface area contributed by atoms with Crippen molar-refractivity contribution in [1.29, 1.82) is 0 Å². The van der Waals surface area contributed by atoms with Crippen LogP contribution < -0.4 is 10.3 Å². The Morgan fingerprint density at radius 3 is 2.92 bits per heavy atom. The molecule has 3 heteroatoms. The first-order valence-electron chi connectivity index (χ1n) is 4.71. The normalized spacial score (nSPS) is 15.9. The Bertz CT molecular complexity index is 275. The summed E-state index contributed by atoms with van der Waals surface area (Å²) in [6.07, 6.45) is 3.72. The summed E-state index contributed by atoms with van der Waals surface area (Å²) in [5.74, 6) is 0.520. The fourth-order valence-electron chi connectivity index (χ4n) is 1.79. The Labute approximate surface area is 72.8 Å². The van der Waals surface area contributed by atoms with Crippen LogP contribution in [0.4, 0.5) is 0 Å². The molecule has 0 saturated carbocycles. The van der Waals surface area contributed by atoms with Crippen LogP contribution in [0.5, 0.6) is 0 Å². The Balaban J connectivity index is 2.38. The molecule has 0 amide bonds. The maximum Gasteiger partial charge on any atom is 0.472 e. The zero-order valence-electron chi connectivity index (χ0n) is 7.75. The summed E-state index contributed by atoms with van der Waals surface area (Å²) >= 11 is 0. The van der Waals surface area contributed by atoms with Gasteiger partial charge in [-0.15, -0.1) is 0 Å². The van der Waals surface area contributed by atoms with E-state index >= 15 is 0 Å². The number of hydrogen-bond acceptors (Lipinski definition) is 0. The number of hydrogen-bond donors (Lipinski definition) is 0. The molecule has 0 unspecified atom stereocenters. The van der Waals surface area contributed by atoms with Crippen LogP contribution in [0.3, 0.4) is 0 Å². The fourth-order valence-corrected chi connectivity index (χ4v) is 1.79. The van der Waals surface area contributed by atoms with Crippen molar-refractivity contribution in [3.05, 3.63) is 11.4 Å². The Morgan fingerprint density at radius 2 is 2.17 bits per heavy atom. The molecule has 0 fully saturated rings. The third-order valence-electron chi connectivity index (χ3n) is 2.45. The molecule has 0 bridgehead atoms. The molecule has 64 valence electrons. The van der Waals surface area contributed by atoms with Crippen molar-refractivity contribution in [2.75, 3.05) is 0 Å². The number of rotatable bonds is 1. The van der Waals surface area contributed by atoms with Gasteiger partial charge in [-0.3, -0.25) is 0 Å². The van der Waals surface area contributed by atoms with Crippen molar-refractivity contribution in [3.63, 3.8) is 0 Å². The first kappa shape index (κ1) is 7.60. The second-order valence-corrected chi connectivity index (χ2v) is 3.76. The van der Waals surface area contributed by atoms with Crippen LogP contribution in [0.1, 0.15) is 44.0 Å². The molecule has 0 radical (unpaired) electrons. The summed E-state index contributed by atoms with van der Waals surface area (Å²) in [6.45, 7) is 5.42. The third kappa shape index (κ3) is 1.08. The quantitative estimate of drug-likeness (QED) is 0.593. The van der Waals surface area contributed by atoms with Gasteiger partial charge in [0.1, 0.15) is 4.68 Å². The van der Waals surface area contributed by atoms with Crippen LogP contribution in [0.15, 0.2) is 0 Å². The zero-order valence-corrected chi connectivity index (χ0v) is 7.75. The Kier molecular flexibility index (Phi) is 1.76. The first-order chi connectivity index (χ1) is 5.79. The van der Waals surface area contributed by atoms with Gasteiger partial charge < -0.3 is 0 Å². The second kappa shape index (κ2) is 2.78. The van der Waals surface area contributed by atoms with Crippen molar-refractivity contribution < 1.29 is 10.3 Å². The molecule has 1 aliphatic heterocycles. The molecule has 0 atom stereocenters. The van der Waals surface area contributed by atoms with Crippen molar-refractivity contribution >= 4 is 0 Å². The predicted octanol–water partition coefficient (Wildman–Crippen LogP) is 0.148. The molecule has 0 N–H and O–H groups in total. The van der Waals surface area contributed by atoms with Crippen LogP contribution >= 0.6 is 0 Å². The zero-order chi connectivity index (χ0) is 8.55. The summed E-state index contributed by atoms with van der Waals surface area (Å²) in [5, 5.41) is 8.35. The van der Waals surface area contributed by atoms with E-state index in [-0.39, 0.29) is 0 Å². The van der Waals surface area contributed by atoms with E-state index in [1.807, 2.05) is 0 Å². The van der Waals surface area contributed by atoms with Gasteiger partial charge in [0.25, 0.3) is 5.69 Å². The van der Waals surface area contributed by atoms with E-state index in [2.05, 4.69) is 28.8 Å². The Morgan fingerprint density at radius 1 is 1.33 bits per heavy atom. The van der Waals surface area contributed by atoms with Gasteiger partial charge in [-0.2, -0.15) is 0 Å². The van der Waals surface area contributed by atoms with Gasteiger partial charge in [-0.1, -0.05) is 13.8 Å². The maximum atomic E-state index is 4.21. The van der Waals surface area contributed by atoms with E-state index < -0.39 is 0 Å². The molecule has 1 aliphatic rings. The summed E-state index contributed by atoms with van der Waals surface area (Å²) in [6, 6.07) is 0. The van der Waals surface area contributed by atoms with E-state index in [9.17, 15) is 0 Å². The van der Waals surface area contributed by atoms with Gasteiger partial charge in [-0.25, -0.2) is 0 Å². The van der Waals surface area contributed by atoms with Gasteiger partial charge in [0.2, 0.25) is 0 Å². The first-order valence-corrected chi connectivity index (χ1v) is 4.71. The minimum absolute atomic E-state index is 0.520. The van der Waals surface area contributed by atoms with Crippen LogP contribution in [0.25, 0.3) is 0 Å². The Hall–Kier alpha value is -1.04. The molecule has 1 aromatic heterocycles. The molecular weight excluding hydrogens is 150 g/mol. The lowest BCUT2D eigenvalue weighted by Crippen LogP contribution is -2.22. The van der Waals surface area contributed by atoms with Crippen LogP contribution in [-0.4, -0.2) is 4.68 Å². The predicted molar refractivity (Wildman–Crippen MR) is 42.6 cm³/mol. The smallest absolute Gasteiger partial charge is 0.0534 e. The lowest BCUT2D eigenvalue weighted by molar-refractivity contribution is -0.790. The minimum Gasteiger partial charge on any atom is -0.0534 e. The SMILES string of the molecule is CC(C)c1[n+]#[n+]n2c1CCCC2. The molecular formula is C9H15N3+2. The summed E-state index contributed by atoms with van der Waals surface area (Å²) in [4.78, 5) is 0. The van der Waals surface area contributed by atoms with Gasteiger partial charge in [0.15, 0.2) is 11.6 Å². The van der Waals surface area contributed by atoms with Gasteiger partial charge in [-0.05, 0) is 12.8 Å². The fraction of sp³-hybridized carbons (Fsp3) is 0.778. The molecule has 0 aliphatic carbocycles. The average Bonchev–Trinajstić information content (AvgIpc) is 2.47. The van der Waals surface area contributed by atoms with E-state index in [4.69, 9.17) is 0 Å². The molecule has 12 heavy (non-hydrogen) atoms. The van der Waals surface area contributed by atoms with E-state index in [1.54, 1.807) is 0 Å². The topological polar surface area (TPSA) is 33.1 Å². The molecule has 1 aromatic rings. The lowest BCUT2D eigenvalue weighted by Gasteiger charge is -2.00. The molecule has 3 nitrogen and oxygen atoms in total. The third-order valence-corrected chi connectivity index (χ3v) is 2.45. The lowest BCUT2D eigenvalue weighted by atomic mass is 10.0. The summed E-state index contributed by atoms with van der Waals surface area (Å²) in [5.41, 5.74) is 2.57. The van der Waals surface area contributed by atoms with Gasteiger partial charge >= 0.3 is 10.9 Å². The van der Waals surface area contributed by atoms with E-state index in [0.717, 1.165) is 6.54 Å². The number of nitrogens with zero attached hydrogens (tertiary/aromatic N) is 3. The number of fused-ring (bicyclic) bond motifs is 1. The van der Waals surface area contributed by atoms with Crippen molar-refractivity contribution in [2.45, 2.75) is 45.6 Å². The number of aromatic nitrogens is 3. The van der Waals surface area contributed by atoms with Crippen molar-refractivity contribution in [2.24, 2.45) is 0 Å². The van der Waals surface area contributed by atoms with E-state index in [0.29, 0.717) is 5.92 Å². The van der Waals surface area contributed by atoms with Crippen molar-refractivity contribution in [3.8, 4) is 0 Å². The largest absolute Gasteiger partial charge is 0.472 e. The summed E-state index contributed by atoms with van der Waals surface area (Å²) in [7, 11) is 0. The van der Waals surface area contributed by atoms with Crippen molar-refractivity contribution in [1.82, 2.24) is 4.68 Å². The van der Waals surface area contributed by atoms with Gasteiger partial charge in [0.05, 0.1) is 0 Å². The minimum atomic E-state index is 0.520. The molecule has 0 spiro atoms. The van der Waals surface area contributed by atoms with E-state index in [1.165, 1.54) is 30.7 Å². The summed E-state index contributed by atoms with van der Waals surface area (Å²) < 4.78 is 2.07. The molecule has 0 aromatic carbocycles. The standard InChI is InChI=1S/C9H15N3/c1-7(2)9-8-5-3-4-6-12(8)11-10-9/h7H,3-6H2,1-2H3/q+2. The second-order valence-electron chi connectivity index (χ2n) is 3.76. The monoisotopic (exact) mass is 165 g/mol. The highest BCUT2D eigenvalue weighted by Crippen LogP contribution is 2.17.